The van der Waals surface area contributed by atoms with E-state index in [1.807, 2.05) is 0 Å². The number of halogens is 3. The van der Waals surface area contributed by atoms with Crippen molar-refractivity contribution in [2.45, 2.75) is 0 Å². The van der Waals surface area contributed by atoms with E-state index >= 15 is 0 Å². The SMILES string of the molecule is Nc1c(Br)cnn1-c1c(F)cccc1Cl. The third-order valence-electron chi connectivity index (χ3n) is 1.91. The molecule has 2 aromatic rings. The molecule has 0 saturated carbocycles. The van der Waals surface area contributed by atoms with Crippen LogP contribution in [0.2, 0.25) is 5.02 Å². The summed E-state index contributed by atoms with van der Waals surface area (Å²) in [6.07, 6.45) is 1.48. The molecule has 0 saturated heterocycles. The number of anilines is 1. The molecule has 1 heterocycles. The van der Waals surface area contributed by atoms with Crippen LogP contribution >= 0.6 is 27.5 Å². The highest BCUT2D eigenvalue weighted by atomic mass is 79.9. The van der Waals surface area contributed by atoms with Crippen LogP contribution in [-0.4, -0.2) is 9.78 Å². The van der Waals surface area contributed by atoms with Gasteiger partial charge in [0.1, 0.15) is 17.3 Å². The average molecular weight is 291 g/mol. The molecule has 0 radical (unpaired) electrons. The van der Waals surface area contributed by atoms with Crippen molar-refractivity contribution in [1.29, 1.82) is 0 Å². The van der Waals surface area contributed by atoms with Crippen LogP contribution in [0, 0.1) is 5.82 Å². The summed E-state index contributed by atoms with van der Waals surface area (Å²) in [5, 5.41) is 4.19. The lowest BCUT2D eigenvalue weighted by molar-refractivity contribution is 0.612. The Bertz CT molecular complexity index is 492. The molecule has 0 amide bonds. The van der Waals surface area contributed by atoms with Crippen LogP contribution in [-0.2, 0) is 0 Å². The van der Waals surface area contributed by atoms with E-state index in [2.05, 4.69) is 21.0 Å². The number of hydrogen-bond donors (Lipinski definition) is 1. The molecule has 3 nitrogen and oxygen atoms in total. The zero-order chi connectivity index (χ0) is 11.0. The molecule has 78 valence electrons. The molecule has 0 aliphatic carbocycles. The van der Waals surface area contributed by atoms with Crippen molar-refractivity contribution < 1.29 is 4.39 Å². The van der Waals surface area contributed by atoms with Gasteiger partial charge in [-0.05, 0) is 28.1 Å². The third kappa shape index (κ3) is 1.72. The summed E-state index contributed by atoms with van der Waals surface area (Å²) >= 11 is 9.06. The Balaban J connectivity index is 2.69. The molecular formula is C9H6BrClFN3. The highest BCUT2D eigenvalue weighted by molar-refractivity contribution is 9.10. The lowest BCUT2D eigenvalue weighted by Gasteiger charge is -2.07. The van der Waals surface area contributed by atoms with Crippen LogP contribution in [0.4, 0.5) is 10.2 Å². The van der Waals surface area contributed by atoms with Crippen molar-refractivity contribution in [2.75, 3.05) is 5.73 Å². The van der Waals surface area contributed by atoms with Gasteiger partial charge in [0.15, 0.2) is 0 Å². The van der Waals surface area contributed by atoms with Crippen LogP contribution in [0.15, 0.2) is 28.9 Å². The summed E-state index contributed by atoms with van der Waals surface area (Å²) in [7, 11) is 0. The first kappa shape index (κ1) is 10.4. The molecule has 0 atom stereocenters. The Morgan fingerprint density at radius 1 is 1.47 bits per heavy atom. The fraction of sp³-hybridized carbons (Fsp3) is 0. The van der Waals surface area contributed by atoms with Gasteiger partial charge in [0, 0.05) is 0 Å². The van der Waals surface area contributed by atoms with Gasteiger partial charge in [0.2, 0.25) is 0 Å². The summed E-state index contributed by atoms with van der Waals surface area (Å²) in [6.45, 7) is 0. The molecule has 1 aromatic carbocycles. The summed E-state index contributed by atoms with van der Waals surface area (Å²) < 4.78 is 15.4. The number of nitrogen functional groups attached to an aromatic ring is 1. The smallest absolute Gasteiger partial charge is 0.150 e. The Hall–Kier alpha value is -1.07. The van der Waals surface area contributed by atoms with Crippen LogP contribution in [0.5, 0.6) is 0 Å². The molecule has 1 aromatic heterocycles. The topological polar surface area (TPSA) is 43.8 Å². The third-order valence-corrected chi connectivity index (χ3v) is 2.82. The molecule has 2 N–H and O–H groups in total. The van der Waals surface area contributed by atoms with E-state index in [1.54, 1.807) is 6.07 Å². The molecule has 0 fully saturated rings. The van der Waals surface area contributed by atoms with Crippen molar-refractivity contribution in [3.63, 3.8) is 0 Å². The van der Waals surface area contributed by atoms with Crippen molar-refractivity contribution in [2.24, 2.45) is 0 Å². The van der Waals surface area contributed by atoms with Gasteiger partial charge in [-0.1, -0.05) is 17.7 Å². The van der Waals surface area contributed by atoms with Gasteiger partial charge in [0.25, 0.3) is 0 Å². The van der Waals surface area contributed by atoms with Crippen molar-refractivity contribution >= 4 is 33.3 Å². The van der Waals surface area contributed by atoms with Crippen molar-refractivity contribution in [1.82, 2.24) is 9.78 Å². The number of hydrogen-bond acceptors (Lipinski definition) is 2. The molecular weight excluding hydrogens is 284 g/mol. The quantitative estimate of drug-likeness (QED) is 0.877. The Labute approximate surface area is 98.8 Å². The highest BCUT2D eigenvalue weighted by Gasteiger charge is 2.14. The Kier molecular flexibility index (Phi) is 2.67. The fourth-order valence-corrected chi connectivity index (χ4v) is 1.71. The molecule has 0 aliphatic rings. The Morgan fingerprint density at radius 3 is 2.73 bits per heavy atom. The van der Waals surface area contributed by atoms with E-state index in [4.69, 9.17) is 17.3 Å². The maximum absolute atomic E-state index is 13.5. The van der Waals surface area contributed by atoms with Gasteiger partial charge >= 0.3 is 0 Å². The summed E-state index contributed by atoms with van der Waals surface area (Å²) in [4.78, 5) is 0. The second kappa shape index (κ2) is 3.83. The first-order valence-corrected chi connectivity index (χ1v) is 5.21. The molecule has 2 rings (SSSR count). The second-order valence-corrected chi connectivity index (χ2v) is 4.12. The first-order valence-electron chi connectivity index (χ1n) is 4.04. The maximum Gasteiger partial charge on any atom is 0.150 e. The van der Waals surface area contributed by atoms with Crippen LogP contribution in [0.3, 0.4) is 0 Å². The molecule has 6 heteroatoms. The molecule has 0 unspecified atom stereocenters. The van der Waals surface area contributed by atoms with Gasteiger partial charge in [-0.25, -0.2) is 9.07 Å². The molecule has 15 heavy (non-hydrogen) atoms. The van der Waals surface area contributed by atoms with Gasteiger partial charge in [-0.15, -0.1) is 0 Å². The number of benzene rings is 1. The zero-order valence-electron chi connectivity index (χ0n) is 7.42. The summed E-state index contributed by atoms with van der Waals surface area (Å²) in [5.41, 5.74) is 5.86. The Morgan fingerprint density at radius 2 is 2.20 bits per heavy atom. The lowest BCUT2D eigenvalue weighted by Crippen LogP contribution is -2.04. The minimum Gasteiger partial charge on any atom is -0.383 e. The summed E-state index contributed by atoms with van der Waals surface area (Å²) in [6, 6.07) is 4.40. The fourth-order valence-electron chi connectivity index (χ4n) is 1.21. The van der Waals surface area contributed by atoms with E-state index in [9.17, 15) is 4.39 Å². The predicted octanol–water partition coefficient (Wildman–Crippen LogP) is 3.01. The maximum atomic E-state index is 13.5. The minimum absolute atomic E-state index is 0.155. The van der Waals surface area contributed by atoms with E-state index in [1.165, 1.54) is 23.0 Å². The molecule has 0 bridgehead atoms. The van der Waals surface area contributed by atoms with Gasteiger partial charge in [-0.3, -0.25) is 0 Å². The van der Waals surface area contributed by atoms with Gasteiger partial charge < -0.3 is 5.73 Å². The normalized spacial score (nSPS) is 10.6. The van der Waals surface area contributed by atoms with E-state index in [0.717, 1.165) is 0 Å². The van der Waals surface area contributed by atoms with E-state index in [-0.39, 0.29) is 10.7 Å². The van der Waals surface area contributed by atoms with E-state index in [0.29, 0.717) is 10.3 Å². The number of rotatable bonds is 1. The highest BCUT2D eigenvalue weighted by Crippen LogP contribution is 2.28. The first-order chi connectivity index (χ1) is 7.11. The number of aromatic nitrogens is 2. The number of nitrogens with two attached hydrogens (primary N) is 1. The van der Waals surface area contributed by atoms with Crippen LogP contribution in [0.1, 0.15) is 0 Å². The van der Waals surface area contributed by atoms with Crippen molar-refractivity contribution in [3.05, 3.63) is 39.7 Å². The molecule has 0 spiro atoms. The molecule has 0 aliphatic heterocycles. The average Bonchev–Trinajstić information content (AvgIpc) is 2.49. The number of nitrogens with zero attached hydrogens (tertiary/aromatic N) is 2. The van der Waals surface area contributed by atoms with Gasteiger partial charge in [-0.2, -0.15) is 5.10 Å². The second-order valence-electron chi connectivity index (χ2n) is 2.86. The van der Waals surface area contributed by atoms with Gasteiger partial charge in [0.05, 0.1) is 15.7 Å². The largest absolute Gasteiger partial charge is 0.383 e. The lowest BCUT2D eigenvalue weighted by atomic mass is 10.3. The van der Waals surface area contributed by atoms with Crippen molar-refractivity contribution in [3.8, 4) is 5.69 Å². The van der Waals surface area contributed by atoms with Crippen LogP contribution in [0.25, 0.3) is 5.69 Å². The minimum atomic E-state index is -0.468. The monoisotopic (exact) mass is 289 g/mol. The zero-order valence-corrected chi connectivity index (χ0v) is 9.76. The summed E-state index contributed by atoms with van der Waals surface area (Å²) in [5.74, 6) is -0.160. The standard InChI is InChI=1S/C9H6BrClFN3/c10-5-4-14-15(9(5)13)8-6(11)2-1-3-7(8)12/h1-4H,13H2. The van der Waals surface area contributed by atoms with Crippen LogP contribution < -0.4 is 5.73 Å². The predicted molar refractivity (Wildman–Crippen MR) is 60.6 cm³/mol. The van der Waals surface area contributed by atoms with E-state index < -0.39 is 5.82 Å². The number of para-hydroxylation sites is 1.